The molecule has 2 unspecified atom stereocenters. The van der Waals surface area contributed by atoms with Crippen LogP contribution in [0.25, 0.3) is 0 Å². The molecule has 0 aromatic carbocycles. The minimum Gasteiger partial charge on any atom is -0.330 e. The topological polar surface area (TPSA) is 26.0 Å². The molecule has 0 aromatic heterocycles. The zero-order chi connectivity index (χ0) is 6.69. The highest BCUT2D eigenvalue weighted by Crippen LogP contribution is 2.26. The van der Waals surface area contributed by atoms with Gasteiger partial charge in [-0.15, -0.1) is 0 Å². The van der Waals surface area contributed by atoms with Gasteiger partial charge >= 0.3 is 0 Å². The zero-order valence-electron chi connectivity index (χ0n) is 5.97. The van der Waals surface area contributed by atoms with Crippen molar-refractivity contribution in [3.63, 3.8) is 0 Å². The maximum Gasteiger partial charge on any atom is -0.00386 e. The third-order valence-corrected chi connectivity index (χ3v) is 3.41. The monoisotopic (exact) mass is 145 g/mol. The lowest BCUT2D eigenvalue weighted by Crippen LogP contribution is -2.27. The molecule has 54 valence electrons. The molecule has 1 aliphatic heterocycles. The molecule has 1 saturated heterocycles. The normalized spacial score (nSPS) is 36.7. The van der Waals surface area contributed by atoms with Gasteiger partial charge in [0.05, 0.1) is 0 Å². The van der Waals surface area contributed by atoms with E-state index in [1.54, 1.807) is 0 Å². The average molecular weight is 145 g/mol. The number of rotatable bonds is 1. The quantitative estimate of drug-likeness (QED) is 0.602. The molecule has 1 heterocycles. The Bertz CT molecular complexity index is 85.0. The van der Waals surface area contributed by atoms with Gasteiger partial charge in [0.25, 0.3) is 0 Å². The van der Waals surface area contributed by atoms with Crippen LogP contribution in [0, 0.1) is 11.8 Å². The van der Waals surface area contributed by atoms with Crippen LogP contribution in [0.4, 0.5) is 0 Å². The predicted molar refractivity (Wildman–Crippen MR) is 43.7 cm³/mol. The maximum atomic E-state index is 5.58. The van der Waals surface area contributed by atoms with E-state index in [1.165, 1.54) is 17.9 Å². The molecule has 0 bridgehead atoms. The molecule has 9 heavy (non-hydrogen) atoms. The molecule has 0 spiro atoms. The fourth-order valence-corrected chi connectivity index (χ4v) is 2.55. The summed E-state index contributed by atoms with van der Waals surface area (Å²) >= 11 is 2.07. The summed E-state index contributed by atoms with van der Waals surface area (Å²) in [7, 11) is 0. The van der Waals surface area contributed by atoms with E-state index in [-0.39, 0.29) is 0 Å². The van der Waals surface area contributed by atoms with Crippen LogP contribution in [0.3, 0.4) is 0 Å². The van der Waals surface area contributed by atoms with E-state index in [0.717, 1.165) is 18.4 Å². The molecule has 0 amide bonds. The van der Waals surface area contributed by atoms with Crippen molar-refractivity contribution in [2.45, 2.75) is 13.3 Å². The number of thioether (sulfide) groups is 1. The van der Waals surface area contributed by atoms with Crippen molar-refractivity contribution in [1.29, 1.82) is 0 Å². The van der Waals surface area contributed by atoms with Gasteiger partial charge in [0.2, 0.25) is 0 Å². The zero-order valence-corrected chi connectivity index (χ0v) is 6.79. The third-order valence-electron chi connectivity index (χ3n) is 2.12. The van der Waals surface area contributed by atoms with Gasteiger partial charge in [-0.2, -0.15) is 11.8 Å². The van der Waals surface area contributed by atoms with Crippen LogP contribution < -0.4 is 5.73 Å². The number of hydrogen-bond donors (Lipinski definition) is 1. The summed E-state index contributed by atoms with van der Waals surface area (Å²) in [4.78, 5) is 0. The highest BCUT2D eigenvalue weighted by Gasteiger charge is 2.19. The van der Waals surface area contributed by atoms with Gasteiger partial charge in [-0.05, 0) is 36.3 Å². The van der Waals surface area contributed by atoms with Crippen molar-refractivity contribution in [2.24, 2.45) is 17.6 Å². The van der Waals surface area contributed by atoms with Crippen molar-refractivity contribution >= 4 is 11.8 Å². The molecule has 2 N–H and O–H groups in total. The minimum atomic E-state index is 0.811. The predicted octanol–water partition coefficient (Wildman–Crippen LogP) is 1.33. The van der Waals surface area contributed by atoms with Crippen LogP contribution in [0.5, 0.6) is 0 Å². The van der Waals surface area contributed by atoms with Crippen molar-refractivity contribution in [3.05, 3.63) is 0 Å². The Kier molecular flexibility index (Phi) is 2.86. The van der Waals surface area contributed by atoms with Gasteiger partial charge in [0, 0.05) is 0 Å². The molecular weight excluding hydrogens is 130 g/mol. The molecule has 0 aromatic rings. The molecule has 1 rings (SSSR count). The molecule has 1 nitrogen and oxygen atoms in total. The summed E-state index contributed by atoms with van der Waals surface area (Å²) < 4.78 is 0. The highest BCUT2D eigenvalue weighted by molar-refractivity contribution is 7.99. The molecule has 0 aliphatic carbocycles. The Morgan fingerprint density at radius 3 is 2.89 bits per heavy atom. The second-order valence-electron chi connectivity index (χ2n) is 2.84. The maximum absolute atomic E-state index is 5.58. The number of nitrogens with two attached hydrogens (primary N) is 1. The fraction of sp³-hybridized carbons (Fsp3) is 1.00. The van der Waals surface area contributed by atoms with Crippen molar-refractivity contribution < 1.29 is 0 Å². The van der Waals surface area contributed by atoms with Crippen LogP contribution in [-0.2, 0) is 0 Å². The van der Waals surface area contributed by atoms with Gasteiger partial charge in [0.15, 0.2) is 0 Å². The minimum absolute atomic E-state index is 0.811. The van der Waals surface area contributed by atoms with Crippen molar-refractivity contribution in [1.82, 2.24) is 0 Å². The Morgan fingerprint density at radius 1 is 1.67 bits per heavy atom. The Labute approximate surface area is 61.4 Å². The van der Waals surface area contributed by atoms with Crippen LogP contribution in [-0.4, -0.2) is 18.1 Å². The second kappa shape index (κ2) is 3.47. The van der Waals surface area contributed by atoms with Crippen molar-refractivity contribution in [3.8, 4) is 0 Å². The lowest BCUT2D eigenvalue weighted by Gasteiger charge is -2.26. The van der Waals surface area contributed by atoms with E-state index in [2.05, 4.69) is 18.7 Å². The van der Waals surface area contributed by atoms with E-state index < -0.39 is 0 Å². The molecule has 0 radical (unpaired) electrons. The summed E-state index contributed by atoms with van der Waals surface area (Å²) in [6.45, 7) is 3.20. The van der Waals surface area contributed by atoms with Crippen LogP contribution in [0.2, 0.25) is 0 Å². The smallest absolute Gasteiger partial charge is 0.00386 e. The second-order valence-corrected chi connectivity index (χ2v) is 3.99. The van der Waals surface area contributed by atoms with Gasteiger partial charge in [0.1, 0.15) is 0 Å². The molecular formula is C7H15NS. The Morgan fingerprint density at radius 2 is 2.44 bits per heavy atom. The standard InChI is InChI=1S/C7H15NS/c1-6-5-9-3-2-7(6)4-8/h6-7H,2-5,8H2,1H3. The van der Waals surface area contributed by atoms with E-state index >= 15 is 0 Å². The molecule has 2 heteroatoms. The number of hydrogen-bond acceptors (Lipinski definition) is 2. The van der Waals surface area contributed by atoms with E-state index in [4.69, 9.17) is 5.73 Å². The lowest BCUT2D eigenvalue weighted by atomic mass is 9.93. The Hall–Kier alpha value is 0.310. The summed E-state index contributed by atoms with van der Waals surface area (Å²) in [6, 6.07) is 0. The van der Waals surface area contributed by atoms with Crippen molar-refractivity contribution in [2.75, 3.05) is 18.1 Å². The summed E-state index contributed by atoms with van der Waals surface area (Å²) in [5.41, 5.74) is 5.58. The average Bonchev–Trinajstić information content (AvgIpc) is 1.89. The van der Waals surface area contributed by atoms with Crippen LogP contribution >= 0.6 is 11.8 Å². The third kappa shape index (κ3) is 1.87. The highest BCUT2D eigenvalue weighted by atomic mass is 32.2. The first kappa shape index (κ1) is 7.42. The summed E-state index contributed by atoms with van der Waals surface area (Å²) in [5.74, 6) is 4.31. The van der Waals surface area contributed by atoms with Crippen LogP contribution in [0.15, 0.2) is 0 Å². The molecule has 1 fully saturated rings. The SMILES string of the molecule is CC1CSCCC1CN. The first-order valence-corrected chi connectivity index (χ1v) is 4.78. The molecule has 2 atom stereocenters. The van der Waals surface area contributed by atoms with Gasteiger partial charge in [-0.1, -0.05) is 6.92 Å². The largest absolute Gasteiger partial charge is 0.330 e. The summed E-state index contributed by atoms with van der Waals surface area (Å²) in [5, 5.41) is 0. The van der Waals surface area contributed by atoms with Gasteiger partial charge < -0.3 is 5.73 Å². The Balaban J connectivity index is 2.30. The first-order chi connectivity index (χ1) is 4.34. The van der Waals surface area contributed by atoms with Gasteiger partial charge in [-0.3, -0.25) is 0 Å². The van der Waals surface area contributed by atoms with E-state index in [0.29, 0.717) is 0 Å². The van der Waals surface area contributed by atoms with Crippen LogP contribution in [0.1, 0.15) is 13.3 Å². The summed E-state index contributed by atoms with van der Waals surface area (Å²) in [6.07, 6.45) is 1.34. The van der Waals surface area contributed by atoms with Gasteiger partial charge in [-0.25, -0.2) is 0 Å². The molecule has 1 aliphatic rings. The lowest BCUT2D eigenvalue weighted by molar-refractivity contribution is 0.381. The molecule has 0 saturated carbocycles. The first-order valence-electron chi connectivity index (χ1n) is 3.62. The van der Waals surface area contributed by atoms with E-state index in [1.807, 2.05) is 0 Å². The van der Waals surface area contributed by atoms with E-state index in [9.17, 15) is 0 Å². The fourth-order valence-electron chi connectivity index (χ4n) is 1.27.